The molecular formula is C31H32ClF3N4O3S. The molecule has 2 fully saturated rings. The predicted octanol–water partition coefficient (Wildman–Crippen LogP) is 6.64. The van der Waals surface area contributed by atoms with Crippen molar-refractivity contribution in [2.24, 2.45) is 0 Å². The molecule has 0 amide bonds. The van der Waals surface area contributed by atoms with Crippen molar-refractivity contribution in [2.45, 2.75) is 76.9 Å². The highest BCUT2D eigenvalue weighted by Gasteiger charge is 2.32. The number of rotatable bonds is 7. The number of hydrogen-bond donors (Lipinski definition) is 0. The number of halogens is 4. The Labute approximate surface area is 255 Å². The van der Waals surface area contributed by atoms with Gasteiger partial charge in [-0.1, -0.05) is 18.0 Å². The highest BCUT2D eigenvalue weighted by atomic mass is 35.5. The monoisotopic (exact) mass is 632 g/mol. The van der Waals surface area contributed by atoms with E-state index < -0.39 is 24.0 Å². The van der Waals surface area contributed by atoms with Crippen LogP contribution in [-0.2, 0) is 13.1 Å². The summed E-state index contributed by atoms with van der Waals surface area (Å²) in [5.74, 6) is 0.769. The van der Waals surface area contributed by atoms with Gasteiger partial charge >= 0.3 is 11.9 Å². The molecule has 1 aromatic carbocycles. The average molecular weight is 633 g/mol. The van der Waals surface area contributed by atoms with Crippen molar-refractivity contribution in [3.63, 3.8) is 0 Å². The molecule has 0 radical (unpaired) electrons. The molecule has 2 aliphatic rings. The smallest absolute Gasteiger partial charge is 0.406 e. The molecule has 4 heterocycles. The van der Waals surface area contributed by atoms with Crippen molar-refractivity contribution in [1.29, 1.82) is 0 Å². The molecule has 0 spiro atoms. The standard InChI is InChI=1S/C31H32ClF3N4O3S/c1-19-13-20(32)14-25(28(19)42-22-6-5-21(15-22)37-10-3-2-4-11-37)24-7-9-36-26-16-23(43-29(24)26)17-39-27(40)8-12-38(30(39)41)18-31(33,34)35/h7-9,12-14,16,21-22H,2-6,10-11,15,17-18H2,1H3/t21-,22-/m1/s1. The topological polar surface area (TPSA) is 69.4 Å². The number of pyridine rings is 1. The molecule has 1 saturated carbocycles. The van der Waals surface area contributed by atoms with Crippen LogP contribution < -0.4 is 16.0 Å². The molecule has 228 valence electrons. The Bertz CT molecular complexity index is 1760. The first kappa shape index (κ1) is 29.9. The van der Waals surface area contributed by atoms with E-state index >= 15 is 0 Å². The highest BCUT2D eigenvalue weighted by molar-refractivity contribution is 7.19. The summed E-state index contributed by atoms with van der Waals surface area (Å²) in [5, 5.41) is 0.570. The zero-order valence-electron chi connectivity index (χ0n) is 23.7. The molecule has 0 N–H and O–H groups in total. The molecule has 12 heteroatoms. The molecule has 1 aliphatic carbocycles. The molecular weight excluding hydrogens is 601 g/mol. The van der Waals surface area contributed by atoms with Crippen LogP contribution in [0.15, 0.2) is 52.3 Å². The molecule has 1 aliphatic heterocycles. The third-order valence-corrected chi connectivity index (χ3v) is 9.70. The molecule has 1 saturated heterocycles. The van der Waals surface area contributed by atoms with Crippen LogP contribution in [0.1, 0.15) is 49.0 Å². The van der Waals surface area contributed by atoms with Gasteiger partial charge in [0.2, 0.25) is 0 Å². The van der Waals surface area contributed by atoms with Gasteiger partial charge in [-0.25, -0.2) is 4.79 Å². The van der Waals surface area contributed by atoms with Crippen LogP contribution >= 0.6 is 22.9 Å². The number of thiophene rings is 1. The van der Waals surface area contributed by atoms with E-state index in [1.165, 1.54) is 30.6 Å². The second-order valence-corrected chi connectivity index (χ2v) is 13.0. The van der Waals surface area contributed by atoms with Gasteiger partial charge in [0, 0.05) is 45.5 Å². The molecule has 4 aromatic rings. The molecule has 0 unspecified atom stereocenters. The van der Waals surface area contributed by atoms with E-state index in [0.717, 1.165) is 76.3 Å². The predicted molar refractivity (Wildman–Crippen MR) is 162 cm³/mol. The maximum absolute atomic E-state index is 13.0. The lowest BCUT2D eigenvalue weighted by Crippen LogP contribution is -2.41. The summed E-state index contributed by atoms with van der Waals surface area (Å²) >= 11 is 7.88. The van der Waals surface area contributed by atoms with E-state index in [9.17, 15) is 22.8 Å². The summed E-state index contributed by atoms with van der Waals surface area (Å²) in [6, 6.07) is 8.93. The molecule has 6 rings (SSSR count). The van der Waals surface area contributed by atoms with Crippen LogP contribution in [0.3, 0.4) is 0 Å². The van der Waals surface area contributed by atoms with E-state index in [2.05, 4.69) is 9.88 Å². The summed E-state index contributed by atoms with van der Waals surface area (Å²) in [4.78, 5) is 33.0. The Morgan fingerprint density at radius 2 is 1.86 bits per heavy atom. The number of fused-ring (bicyclic) bond motifs is 1. The van der Waals surface area contributed by atoms with Gasteiger partial charge in [0.1, 0.15) is 18.4 Å². The van der Waals surface area contributed by atoms with Gasteiger partial charge in [-0.2, -0.15) is 13.2 Å². The number of aryl methyl sites for hydroxylation is 1. The first-order valence-corrected chi connectivity index (χ1v) is 15.7. The molecule has 43 heavy (non-hydrogen) atoms. The van der Waals surface area contributed by atoms with Gasteiger partial charge in [-0.3, -0.25) is 18.9 Å². The first-order valence-electron chi connectivity index (χ1n) is 14.5. The molecule has 7 nitrogen and oxygen atoms in total. The quantitative estimate of drug-likeness (QED) is 0.228. The third-order valence-electron chi connectivity index (χ3n) is 8.34. The van der Waals surface area contributed by atoms with Crippen LogP contribution in [0.5, 0.6) is 5.75 Å². The van der Waals surface area contributed by atoms with Crippen LogP contribution in [-0.4, -0.2) is 50.4 Å². The minimum atomic E-state index is -4.59. The fourth-order valence-electron chi connectivity index (χ4n) is 6.34. The fraction of sp³-hybridized carbons (Fsp3) is 0.452. The largest absolute Gasteiger partial charge is 0.489 e. The Morgan fingerprint density at radius 1 is 1.07 bits per heavy atom. The number of hydrogen-bond acceptors (Lipinski definition) is 6. The summed E-state index contributed by atoms with van der Waals surface area (Å²) < 4.78 is 47.8. The van der Waals surface area contributed by atoms with E-state index in [1.54, 1.807) is 12.3 Å². The van der Waals surface area contributed by atoms with Crippen molar-refractivity contribution in [1.82, 2.24) is 19.0 Å². The van der Waals surface area contributed by atoms with Crippen LogP contribution in [0.4, 0.5) is 13.2 Å². The van der Waals surface area contributed by atoms with Gasteiger partial charge in [-0.15, -0.1) is 11.3 Å². The number of alkyl halides is 3. The SMILES string of the molecule is Cc1cc(Cl)cc(-c2ccnc3cc(Cn4c(=O)ccn(CC(F)(F)F)c4=O)sc23)c1O[C@@H]1CC[C@@H](N2CCCCC2)C1. The van der Waals surface area contributed by atoms with E-state index in [1.807, 2.05) is 25.1 Å². The average Bonchev–Trinajstić information content (AvgIpc) is 3.61. The normalized spacial score (nSPS) is 19.7. The molecule has 2 atom stereocenters. The van der Waals surface area contributed by atoms with Gasteiger partial charge in [0.25, 0.3) is 5.56 Å². The fourth-order valence-corrected chi connectivity index (χ4v) is 7.75. The van der Waals surface area contributed by atoms with Crippen molar-refractivity contribution >= 4 is 33.2 Å². The lowest BCUT2D eigenvalue weighted by molar-refractivity contribution is -0.141. The second-order valence-electron chi connectivity index (χ2n) is 11.5. The first-order chi connectivity index (χ1) is 20.6. The summed E-state index contributed by atoms with van der Waals surface area (Å²) in [5.41, 5.74) is 1.56. The molecule has 3 aromatic heterocycles. The maximum atomic E-state index is 13.0. The zero-order chi connectivity index (χ0) is 30.3. The Kier molecular flexibility index (Phi) is 8.41. The van der Waals surface area contributed by atoms with Gasteiger partial charge in [0.05, 0.1) is 16.8 Å². The minimum Gasteiger partial charge on any atom is -0.489 e. The number of likely N-dealkylation sites (tertiary alicyclic amines) is 1. The second kappa shape index (κ2) is 12.1. The summed E-state index contributed by atoms with van der Waals surface area (Å²) in [6.45, 7) is 2.65. The van der Waals surface area contributed by atoms with Crippen molar-refractivity contribution < 1.29 is 17.9 Å². The number of nitrogens with zero attached hydrogens (tertiary/aromatic N) is 4. The summed E-state index contributed by atoms with van der Waals surface area (Å²) in [6.07, 6.45) is 4.95. The van der Waals surface area contributed by atoms with Gasteiger partial charge in [-0.05, 0) is 81.9 Å². The number of ether oxygens (including phenoxy) is 1. The lowest BCUT2D eigenvalue weighted by atomic mass is 10.0. The lowest BCUT2D eigenvalue weighted by Gasteiger charge is -2.32. The van der Waals surface area contributed by atoms with E-state index in [4.69, 9.17) is 16.3 Å². The Hall–Kier alpha value is -3.15. The van der Waals surface area contributed by atoms with Crippen molar-refractivity contribution in [3.8, 4) is 16.9 Å². The van der Waals surface area contributed by atoms with Crippen molar-refractivity contribution in [3.05, 3.63) is 79.0 Å². The number of piperidine rings is 1. The summed E-state index contributed by atoms with van der Waals surface area (Å²) in [7, 11) is 0. The maximum Gasteiger partial charge on any atom is 0.406 e. The van der Waals surface area contributed by atoms with E-state index in [0.29, 0.717) is 26.0 Å². The Morgan fingerprint density at radius 3 is 2.63 bits per heavy atom. The van der Waals surface area contributed by atoms with Crippen molar-refractivity contribution in [2.75, 3.05) is 13.1 Å². The minimum absolute atomic E-state index is 0.0885. The van der Waals surface area contributed by atoms with Crippen LogP contribution in [0.25, 0.3) is 21.3 Å². The van der Waals surface area contributed by atoms with Gasteiger partial charge < -0.3 is 9.64 Å². The zero-order valence-corrected chi connectivity index (χ0v) is 25.3. The van der Waals surface area contributed by atoms with E-state index in [-0.39, 0.29) is 12.6 Å². The van der Waals surface area contributed by atoms with Crippen LogP contribution in [0.2, 0.25) is 5.02 Å². The third kappa shape index (κ3) is 6.53. The van der Waals surface area contributed by atoms with Crippen LogP contribution in [0, 0.1) is 6.92 Å². The highest BCUT2D eigenvalue weighted by Crippen LogP contribution is 2.43. The molecule has 0 bridgehead atoms. The van der Waals surface area contributed by atoms with Gasteiger partial charge in [0.15, 0.2) is 0 Å². The number of benzene rings is 1. The number of aromatic nitrogens is 3. The Balaban J connectivity index is 1.32.